The standard InChI is InChI=1S/C22H27FN4O5S/c1-16(25-33(30,31)20-9-7-19(32-2)8-10-20)22(29)27-13-11-26(12-14-27)15-21(28)24-18-5-3-17(23)4-6-18/h3-10,16,25H,11-15H2,1-2H3,(H,24,28)/t16-/m0/s1. The van der Waals surface area contributed by atoms with Crippen molar-refractivity contribution in [3.63, 3.8) is 0 Å². The third-order valence-electron chi connectivity index (χ3n) is 5.25. The van der Waals surface area contributed by atoms with Gasteiger partial charge in [0, 0.05) is 31.9 Å². The Labute approximate surface area is 192 Å². The van der Waals surface area contributed by atoms with Crippen molar-refractivity contribution in [2.45, 2.75) is 17.9 Å². The fraction of sp³-hybridized carbons (Fsp3) is 0.364. The van der Waals surface area contributed by atoms with Crippen LogP contribution in [0.3, 0.4) is 0 Å². The van der Waals surface area contributed by atoms with Crippen LogP contribution in [0, 0.1) is 5.82 Å². The van der Waals surface area contributed by atoms with Gasteiger partial charge in [0.05, 0.1) is 24.6 Å². The smallest absolute Gasteiger partial charge is 0.241 e. The molecule has 0 aliphatic carbocycles. The molecule has 1 heterocycles. The summed E-state index contributed by atoms with van der Waals surface area (Å²) in [4.78, 5) is 28.5. The summed E-state index contributed by atoms with van der Waals surface area (Å²) in [5, 5.41) is 2.70. The number of nitrogens with zero attached hydrogens (tertiary/aromatic N) is 2. The molecule has 178 valence electrons. The molecule has 0 spiro atoms. The summed E-state index contributed by atoms with van der Waals surface area (Å²) in [7, 11) is -2.38. The zero-order chi connectivity index (χ0) is 24.0. The molecule has 0 saturated carbocycles. The molecule has 11 heteroatoms. The number of benzene rings is 2. The quantitative estimate of drug-likeness (QED) is 0.592. The van der Waals surface area contributed by atoms with Crippen LogP contribution in [0.5, 0.6) is 5.75 Å². The second-order valence-corrected chi connectivity index (χ2v) is 9.39. The van der Waals surface area contributed by atoms with Crippen molar-refractivity contribution in [1.82, 2.24) is 14.5 Å². The van der Waals surface area contributed by atoms with E-state index >= 15 is 0 Å². The molecule has 0 aromatic heterocycles. The fourth-order valence-electron chi connectivity index (χ4n) is 3.44. The number of carbonyl (C=O) groups excluding carboxylic acids is 2. The zero-order valence-corrected chi connectivity index (χ0v) is 19.3. The topological polar surface area (TPSA) is 108 Å². The first-order valence-electron chi connectivity index (χ1n) is 10.4. The minimum atomic E-state index is -3.87. The largest absolute Gasteiger partial charge is 0.497 e. The van der Waals surface area contributed by atoms with E-state index in [1.54, 1.807) is 4.90 Å². The van der Waals surface area contributed by atoms with Gasteiger partial charge in [0.1, 0.15) is 11.6 Å². The van der Waals surface area contributed by atoms with Crippen LogP contribution in [-0.2, 0) is 19.6 Å². The normalized spacial score (nSPS) is 15.7. The summed E-state index contributed by atoms with van der Waals surface area (Å²) in [6.07, 6.45) is 0. The summed E-state index contributed by atoms with van der Waals surface area (Å²) < 4.78 is 45.6. The van der Waals surface area contributed by atoms with E-state index in [4.69, 9.17) is 4.74 Å². The van der Waals surface area contributed by atoms with Crippen molar-refractivity contribution in [3.8, 4) is 5.75 Å². The molecule has 1 saturated heterocycles. The van der Waals surface area contributed by atoms with Crippen LogP contribution in [0.2, 0.25) is 0 Å². The third kappa shape index (κ3) is 6.73. The van der Waals surface area contributed by atoms with Crippen LogP contribution in [0.25, 0.3) is 0 Å². The zero-order valence-electron chi connectivity index (χ0n) is 18.5. The fourth-order valence-corrected chi connectivity index (χ4v) is 4.64. The first kappa shape index (κ1) is 24.6. The van der Waals surface area contributed by atoms with E-state index in [0.29, 0.717) is 37.6 Å². The molecule has 1 aliphatic heterocycles. The lowest BCUT2D eigenvalue weighted by molar-refractivity contribution is -0.134. The Morgan fingerprint density at radius 2 is 1.64 bits per heavy atom. The van der Waals surface area contributed by atoms with Gasteiger partial charge in [-0.3, -0.25) is 14.5 Å². The molecule has 2 amide bonds. The van der Waals surface area contributed by atoms with Gasteiger partial charge in [0.15, 0.2) is 0 Å². The maximum absolute atomic E-state index is 13.0. The first-order valence-corrected chi connectivity index (χ1v) is 11.9. The average molecular weight is 479 g/mol. The summed E-state index contributed by atoms with van der Waals surface area (Å²) in [6, 6.07) is 10.5. The molecule has 33 heavy (non-hydrogen) atoms. The highest BCUT2D eigenvalue weighted by molar-refractivity contribution is 7.89. The lowest BCUT2D eigenvalue weighted by Gasteiger charge is -2.35. The van der Waals surface area contributed by atoms with Crippen LogP contribution in [0.4, 0.5) is 10.1 Å². The van der Waals surface area contributed by atoms with E-state index < -0.39 is 16.1 Å². The molecule has 2 aromatic carbocycles. The highest BCUT2D eigenvalue weighted by Gasteiger charge is 2.28. The summed E-state index contributed by atoms with van der Waals surface area (Å²) >= 11 is 0. The number of amides is 2. The maximum Gasteiger partial charge on any atom is 0.241 e. The first-order chi connectivity index (χ1) is 15.7. The molecule has 9 nitrogen and oxygen atoms in total. The molecular formula is C22H27FN4O5S. The van der Waals surface area contributed by atoms with Crippen molar-refractivity contribution in [2.75, 3.05) is 45.2 Å². The minimum Gasteiger partial charge on any atom is -0.497 e. The monoisotopic (exact) mass is 478 g/mol. The Bertz CT molecular complexity index is 1070. The van der Waals surface area contributed by atoms with Crippen LogP contribution in [0.1, 0.15) is 6.92 Å². The number of hydrogen-bond acceptors (Lipinski definition) is 6. The van der Waals surface area contributed by atoms with Crippen LogP contribution in [-0.4, -0.2) is 75.9 Å². The van der Waals surface area contributed by atoms with Crippen LogP contribution < -0.4 is 14.8 Å². The summed E-state index contributed by atoms with van der Waals surface area (Å²) in [5.74, 6) is -0.416. The number of rotatable bonds is 8. The predicted molar refractivity (Wildman–Crippen MR) is 121 cm³/mol. The summed E-state index contributed by atoms with van der Waals surface area (Å²) in [5.41, 5.74) is 0.508. The van der Waals surface area contributed by atoms with Crippen molar-refractivity contribution in [2.24, 2.45) is 0 Å². The average Bonchev–Trinajstić information content (AvgIpc) is 2.80. The summed E-state index contributed by atoms with van der Waals surface area (Å²) in [6.45, 7) is 3.33. The number of carbonyl (C=O) groups is 2. The Balaban J connectivity index is 1.47. The predicted octanol–water partition coefficient (Wildman–Crippen LogP) is 1.28. The second kappa shape index (κ2) is 10.7. The van der Waals surface area contributed by atoms with Crippen molar-refractivity contribution < 1.29 is 27.1 Å². The van der Waals surface area contributed by atoms with E-state index in [2.05, 4.69) is 10.0 Å². The molecule has 1 fully saturated rings. The highest BCUT2D eigenvalue weighted by Crippen LogP contribution is 2.16. The number of nitrogens with one attached hydrogen (secondary N) is 2. The van der Waals surface area contributed by atoms with Crippen molar-refractivity contribution >= 4 is 27.5 Å². The molecule has 1 aliphatic rings. The van der Waals surface area contributed by atoms with Gasteiger partial charge in [-0.1, -0.05) is 0 Å². The molecule has 2 aromatic rings. The molecule has 0 radical (unpaired) electrons. The Hall–Kier alpha value is -3.02. The number of anilines is 1. The van der Waals surface area contributed by atoms with Gasteiger partial charge in [-0.2, -0.15) is 4.72 Å². The van der Waals surface area contributed by atoms with Gasteiger partial charge in [0.2, 0.25) is 21.8 Å². The number of hydrogen-bond donors (Lipinski definition) is 2. The SMILES string of the molecule is COc1ccc(S(=O)(=O)N[C@@H](C)C(=O)N2CCN(CC(=O)Nc3ccc(F)cc3)CC2)cc1. The number of methoxy groups -OCH3 is 1. The third-order valence-corrected chi connectivity index (χ3v) is 6.81. The molecule has 0 unspecified atom stereocenters. The highest BCUT2D eigenvalue weighted by atomic mass is 32.2. The number of ether oxygens (including phenoxy) is 1. The second-order valence-electron chi connectivity index (χ2n) is 7.68. The van der Waals surface area contributed by atoms with E-state index in [9.17, 15) is 22.4 Å². The number of sulfonamides is 1. The lowest BCUT2D eigenvalue weighted by atomic mass is 10.2. The molecular weight excluding hydrogens is 451 g/mol. The lowest BCUT2D eigenvalue weighted by Crippen LogP contribution is -2.54. The van der Waals surface area contributed by atoms with Gasteiger partial charge in [0.25, 0.3) is 0 Å². The van der Waals surface area contributed by atoms with E-state index in [1.165, 1.54) is 62.6 Å². The van der Waals surface area contributed by atoms with Gasteiger partial charge in [-0.05, 0) is 55.5 Å². The van der Waals surface area contributed by atoms with Crippen molar-refractivity contribution in [1.29, 1.82) is 0 Å². The molecule has 2 N–H and O–H groups in total. The Kier molecular flexibility index (Phi) is 8.01. The van der Waals surface area contributed by atoms with E-state index in [-0.39, 0.29) is 29.1 Å². The van der Waals surface area contributed by atoms with Crippen molar-refractivity contribution in [3.05, 3.63) is 54.3 Å². The number of piperazine rings is 1. The van der Waals surface area contributed by atoms with Gasteiger partial charge in [-0.15, -0.1) is 0 Å². The Morgan fingerprint density at radius 3 is 2.21 bits per heavy atom. The van der Waals surface area contributed by atoms with E-state index in [0.717, 1.165) is 0 Å². The van der Waals surface area contributed by atoms with Crippen LogP contribution >= 0.6 is 0 Å². The molecule has 3 rings (SSSR count). The Morgan fingerprint density at radius 1 is 1.03 bits per heavy atom. The minimum absolute atomic E-state index is 0.0416. The maximum atomic E-state index is 13.0. The van der Waals surface area contributed by atoms with E-state index in [1.807, 2.05) is 4.90 Å². The van der Waals surface area contributed by atoms with Crippen LogP contribution in [0.15, 0.2) is 53.4 Å². The number of halogens is 1. The molecule has 0 bridgehead atoms. The van der Waals surface area contributed by atoms with Gasteiger partial charge >= 0.3 is 0 Å². The van der Waals surface area contributed by atoms with Gasteiger partial charge in [-0.25, -0.2) is 12.8 Å². The van der Waals surface area contributed by atoms with Gasteiger partial charge < -0.3 is 15.0 Å². The molecule has 1 atom stereocenters.